The van der Waals surface area contributed by atoms with Crippen molar-refractivity contribution < 1.29 is 0 Å². The Hall–Kier alpha value is -0.270. The van der Waals surface area contributed by atoms with Gasteiger partial charge in [0.15, 0.2) is 0 Å². The van der Waals surface area contributed by atoms with E-state index in [-0.39, 0.29) is 0 Å². The molecule has 4 heteroatoms. The number of aromatic amines is 1. The molecule has 10 heavy (non-hydrogen) atoms. The van der Waals surface area contributed by atoms with Crippen LogP contribution in [0.2, 0.25) is 0 Å². The van der Waals surface area contributed by atoms with E-state index in [1.807, 2.05) is 13.0 Å². The van der Waals surface area contributed by atoms with Crippen molar-refractivity contribution in [2.45, 2.75) is 6.92 Å². The molecule has 52 valence electrons. The summed E-state index contributed by atoms with van der Waals surface area (Å²) in [6, 6.07) is 2.02. The molecule has 1 aromatic heterocycles. The fourth-order valence-corrected chi connectivity index (χ4v) is 1.43. The van der Waals surface area contributed by atoms with E-state index in [9.17, 15) is 0 Å². The standard InChI is InChI=1S/C6H4Br2N2/c1-3-5(7)6(8)4(2-9)10-3/h10H,1H3. The van der Waals surface area contributed by atoms with Crippen molar-refractivity contribution >= 4 is 31.9 Å². The average molecular weight is 264 g/mol. The number of halogens is 2. The highest BCUT2D eigenvalue weighted by molar-refractivity contribution is 9.13. The van der Waals surface area contributed by atoms with Crippen molar-refractivity contribution in [3.63, 3.8) is 0 Å². The Morgan fingerprint density at radius 1 is 1.40 bits per heavy atom. The van der Waals surface area contributed by atoms with Crippen molar-refractivity contribution in [3.8, 4) is 6.07 Å². The summed E-state index contributed by atoms with van der Waals surface area (Å²) in [6.45, 7) is 1.90. The van der Waals surface area contributed by atoms with E-state index < -0.39 is 0 Å². The minimum absolute atomic E-state index is 0.560. The van der Waals surface area contributed by atoms with E-state index in [0.717, 1.165) is 14.6 Å². The summed E-state index contributed by atoms with van der Waals surface area (Å²) in [4.78, 5) is 2.91. The van der Waals surface area contributed by atoms with Crippen LogP contribution in [0.25, 0.3) is 0 Å². The number of hydrogen-bond acceptors (Lipinski definition) is 1. The second-order valence-corrected chi connectivity index (χ2v) is 3.45. The van der Waals surface area contributed by atoms with E-state index in [0.29, 0.717) is 5.69 Å². The number of aryl methyl sites for hydroxylation is 1. The first-order valence-corrected chi connectivity index (χ1v) is 4.19. The topological polar surface area (TPSA) is 39.6 Å². The van der Waals surface area contributed by atoms with E-state index in [1.54, 1.807) is 0 Å². The minimum atomic E-state index is 0.560. The van der Waals surface area contributed by atoms with Crippen molar-refractivity contribution in [1.29, 1.82) is 5.26 Å². The van der Waals surface area contributed by atoms with E-state index in [1.165, 1.54) is 0 Å². The minimum Gasteiger partial charge on any atom is -0.349 e. The zero-order valence-electron chi connectivity index (χ0n) is 5.20. The summed E-state index contributed by atoms with van der Waals surface area (Å²) < 4.78 is 1.72. The van der Waals surface area contributed by atoms with Crippen LogP contribution in [0, 0.1) is 18.3 Å². The van der Waals surface area contributed by atoms with Gasteiger partial charge in [0.25, 0.3) is 0 Å². The smallest absolute Gasteiger partial charge is 0.133 e. The lowest BCUT2D eigenvalue weighted by atomic mass is 10.4. The summed E-state index contributed by atoms with van der Waals surface area (Å²) in [5, 5.41) is 8.52. The molecule has 0 aliphatic carbocycles. The first-order chi connectivity index (χ1) is 4.66. The van der Waals surface area contributed by atoms with Crippen LogP contribution < -0.4 is 0 Å². The highest BCUT2D eigenvalue weighted by atomic mass is 79.9. The molecule has 0 saturated carbocycles. The highest BCUT2D eigenvalue weighted by Crippen LogP contribution is 2.29. The van der Waals surface area contributed by atoms with E-state index in [4.69, 9.17) is 5.26 Å². The molecule has 1 rings (SSSR count). The number of nitriles is 1. The molecule has 0 saturated heterocycles. The SMILES string of the molecule is Cc1[nH]c(C#N)c(Br)c1Br. The lowest BCUT2D eigenvalue weighted by Crippen LogP contribution is -1.72. The van der Waals surface area contributed by atoms with Gasteiger partial charge in [-0.15, -0.1) is 0 Å². The van der Waals surface area contributed by atoms with Crippen molar-refractivity contribution in [1.82, 2.24) is 4.98 Å². The van der Waals surface area contributed by atoms with Gasteiger partial charge < -0.3 is 4.98 Å². The van der Waals surface area contributed by atoms with Gasteiger partial charge in [-0.05, 0) is 38.8 Å². The molecular formula is C6H4Br2N2. The van der Waals surface area contributed by atoms with Gasteiger partial charge in [-0.2, -0.15) is 5.26 Å². The Balaban J connectivity index is 3.34. The first kappa shape index (κ1) is 7.83. The van der Waals surface area contributed by atoms with Gasteiger partial charge >= 0.3 is 0 Å². The van der Waals surface area contributed by atoms with Gasteiger partial charge in [0.05, 0.1) is 8.95 Å². The number of hydrogen-bond donors (Lipinski definition) is 1. The largest absolute Gasteiger partial charge is 0.349 e. The molecule has 0 unspecified atom stereocenters. The molecule has 0 spiro atoms. The normalized spacial score (nSPS) is 9.40. The summed E-state index contributed by atoms with van der Waals surface area (Å²) in [5.41, 5.74) is 1.52. The van der Waals surface area contributed by atoms with Crippen LogP contribution in [0.3, 0.4) is 0 Å². The molecule has 2 nitrogen and oxygen atoms in total. The summed E-state index contributed by atoms with van der Waals surface area (Å²) in [5.74, 6) is 0. The van der Waals surface area contributed by atoms with Gasteiger partial charge in [0.1, 0.15) is 11.8 Å². The fraction of sp³-hybridized carbons (Fsp3) is 0.167. The molecule has 1 heterocycles. The molecule has 1 aromatic rings. The summed E-state index contributed by atoms with van der Waals surface area (Å²) in [6.07, 6.45) is 0. The molecule has 0 amide bonds. The molecule has 0 aromatic carbocycles. The van der Waals surface area contributed by atoms with Crippen LogP contribution in [0.15, 0.2) is 8.95 Å². The number of nitrogens with one attached hydrogen (secondary N) is 1. The lowest BCUT2D eigenvalue weighted by Gasteiger charge is -1.82. The zero-order chi connectivity index (χ0) is 7.72. The van der Waals surface area contributed by atoms with E-state index in [2.05, 4.69) is 36.8 Å². The molecule has 0 bridgehead atoms. The van der Waals surface area contributed by atoms with Crippen molar-refractivity contribution in [2.24, 2.45) is 0 Å². The van der Waals surface area contributed by atoms with E-state index >= 15 is 0 Å². The monoisotopic (exact) mass is 262 g/mol. The van der Waals surface area contributed by atoms with Gasteiger partial charge in [-0.25, -0.2) is 0 Å². The van der Waals surface area contributed by atoms with Gasteiger partial charge in [0, 0.05) is 5.69 Å². The summed E-state index contributed by atoms with van der Waals surface area (Å²) >= 11 is 6.57. The third-order valence-corrected chi connectivity index (χ3v) is 3.48. The molecule has 0 aliphatic heterocycles. The van der Waals surface area contributed by atoms with Crippen molar-refractivity contribution in [2.75, 3.05) is 0 Å². The fourth-order valence-electron chi connectivity index (χ4n) is 0.649. The average Bonchev–Trinajstić information content (AvgIpc) is 2.17. The Labute approximate surface area is 75.5 Å². The predicted octanol–water partition coefficient (Wildman–Crippen LogP) is 2.72. The Kier molecular flexibility index (Phi) is 2.17. The van der Waals surface area contributed by atoms with Crippen LogP contribution in [-0.2, 0) is 0 Å². The van der Waals surface area contributed by atoms with Gasteiger partial charge in [0.2, 0.25) is 0 Å². The van der Waals surface area contributed by atoms with Gasteiger partial charge in [-0.1, -0.05) is 0 Å². The Morgan fingerprint density at radius 3 is 2.20 bits per heavy atom. The van der Waals surface area contributed by atoms with Crippen LogP contribution in [0.1, 0.15) is 11.4 Å². The molecule has 0 aliphatic rings. The lowest BCUT2D eigenvalue weighted by molar-refractivity contribution is 1.22. The number of H-pyrrole nitrogens is 1. The maximum atomic E-state index is 8.52. The number of rotatable bonds is 0. The quantitative estimate of drug-likeness (QED) is 0.768. The number of aromatic nitrogens is 1. The second kappa shape index (κ2) is 2.77. The molecule has 0 fully saturated rings. The van der Waals surface area contributed by atoms with Gasteiger partial charge in [-0.3, -0.25) is 0 Å². The maximum absolute atomic E-state index is 8.52. The third kappa shape index (κ3) is 1.11. The van der Waals surface area contributed by atoms with Crippen molar-refractivity contribution in [3.05, 3.63) is 20.3 Å². The molecular weight excluding hydrogens is 260 g/mol. The number of nitrogens with zero attached hydrogens (tertiary/aromatic N) is 1. The maximum Gasteiger partial charge on any atom is 0.133 e. The Morgan fingerprint density at radius 2 is 2.00 bits per heavy atom. The summed E-state index contributed by atoms with van der Waals surface area (Å²) in [7, 11) is 0. The van der Waals surface area contributed by atoms with Crippen LogP contribution in [0.4, 0.5) is 0 Å². The second-order valence-electron chi connectivity index (χ2n) is 1.86. The third-order valence-electron chi connectivity index (χ3n) is 1.17. The van der Waals surface area contributed by atoms with Crippen LogP contribution in [0.5, 0.6) is 0 Å². The van der Waals surface area contributed by atoms with Crippen LogP contribution in [-0.4, -0.2) is 4.98 Å². The Bertz CT molecular complexity index is 295. The van der Waals surface area contributed by atoms with Crippen LogP contribution >= 0.6 is 31.9 Å². The molecule has 0 radical (unpaired) electrons. The zero-order valence-corrected chi connectivity index (χ0v) is 8.38. The highest BCUT2D eigenvalue weighted by Gasteiger charge is 2.08. The predicted molar refractivity (Wildman–Crippen MR) is 45.6 cm³/mol. The first-order valence-electron chi connectivity index (χ1n) is 2.60. The molecule has 1 N–H and O–H groups in total. The molecule has 0 atom stereocenters.